The van der Waals surface area contributed by atoms with Gasteiger partial charge >= 0.3 is 0 Å². The second-order valence-electron chi connectivity index (χ2n) is 13.2. The first-order valence-electron chi connectivity index (χ1n) is 17.3. The van der Waals surface area contributed by atoms with Gasteiger partial charge in [-0.05, 0) is 43.7 Å². The summed E-state index contributed by atoms with van der Waals surface area (Å²) in [6.07, 6.45) is 2.17. The van der Waals surface area contributed by atoms with Crippen LogP contribution in [0.5, 0.6) is 11.5 Å². The van der Waals surface area contributed by atoms with Crippen molar-refractivity contribution in [3.63, 3.8) is 0 Å². The molecular formula is C36H43N9O7. The van der Waals surface area contributed by atoms with Gasteiger partial charge in [0.1, 0.15) is 47.4 Å². The summed E-state index contributed by atoms with van der Waals surface area (Å²) < 4.78 is 13.8. The van der Waals surface area contributed by atoms with Gasteiger partial charge in [0.25, 0.3) is 11.5 Å². The fourth-order valence-electron chi connectivity index (χ4n) is 6.27. The number of piperidine rings is 1. The minimum atomic E-state index is -1.35. The van der Waals surface area contributed by atoms with E-state index in [0.29, 0.717) is 48.0 Å². The number of nitrogens with one attached hydrogen (secondary N) is 5. The summed E-state index contributed by atoms with van der Waals surface area (Å²) in [5.74, 6) is -0.580. The maximum Gasteiger partial charge on any atom is 0.264 e. The van der Waals surface area contributed by atoms with E-state index in [2.05, 4.69) is 41.2 Å². The number of H-pyrrole nitrogens is 1. The lowest BCUT2D eigenvalue weighted by atomic mass is 9.89. The Labute approximate surface area is 299 Å². The molecule has 3 aliphatic heterocycles. The number of carbonyl (C=O) groups excluding carboxylic acids is 4. The number of amides is 4. The van der Waals surface area contributed by atoms with Crippen LogP contribution in [-0.4, -0.2) is 98.2 Å². The van der Waals surface area contributed by atoms with Crippen molar-refractivity contribution in [2.75, 3.05) is 26.2 Å². The van der Waals surface area contributed by atoms with E-state index in [1.54, 1.807) is 49.8 Å². The highest BCUT2D eigenvalue weighted by Crippen LogP contribution is 2.31. The third kappa shape index (κ3) is 8.39. The molecule has 16 heteroatoms. The van der Waals surface area contributed by atoms with E-state index < -0.39 is 47.4 Å². The van der Waals surface area contributed by atoms with Gasteiger partial charge in [-0.2, -0.15) is 5.10 Å². The smallest absolute Gasteiger partial charge is 0.264 e. The molecule has 0 unspecified atom stereocenters. The topological polar surface area (TPSA) is 202 Å². The second-order valence-corrected chi connectivity index (χ2v) is 13.2. The Bertz CT molecular complexity index is 1970. The van der Waals surface area contributed by atoms with Crippen molar-refractivity contribution < 1.29 is 28.7 Å². The molecule has 1 saturated heterocycles. The molecule has 1 spiro atoms. The number of aryl methyl sites for hydroxylation is 1. The number of nitrogens with zero attached hydrogens (tertiary/aromatic N) is 4. The van der Waals surface area contributed by atoms with Crippen molar-refractivity contribution in [1.29, 1.82) is 0 Å². The maximum atomic E-state index is 14.2. The normalized spacial score (nSPS) is 22.1. The van der Waals surface area contributed by atoms with Crippen LogP contribution in [-0.2, 0) is 39.2 Å². The number of aromatic nitrogens is 4. The standard InChI is InChI=1S/C36H43N9O7/c1-22-31(46)37-15-18-51-25-9-11-26(12-10-25)52-36(13-16-45(17-14-36)21-29-42-30-27(33(48)43-29)20-38-44(30)3)35(50)40-23(2)32(47)41-28(34(49)39-22)19-24-7-5-4-6-8-24/h4-12,20,22-23,28H,13-19,21H2,1-3H3,(H,37,46)(H,39,49)(H,40,50)(H,41,47)(H,42,43,48)/t22-,23-,28-/m0/s1. The molecule has 3 atom stereocenters. The van der Waals surface area contributed by atoms with Gasteiger partial charge < -0.3 is 35.7 Å². The zero-order valence-corrected chi connectivity index (χ0v) is 29.3. The van der Waals surface area contributed by atoms with E-state index in [1.807, 2.05) is 30.3 Å². The Hall–Kier alpha value is -5.77. The highest BCUT2D eigenvalue weighted by Gasteiger charge is 2.45. The predicted octanol–water partition coefficient (Wildman–Crippen LogP) is 0.316. The van der Waals surface area contributed by atoms with Gasteiger partial charge in [0.2, 0.25) is 17.7 Å². The molecule has 4 amide bonds. The summed E-state index contributed by atoms with van der Waals surface area (Å²) in [5.41, 5.74) is -0.344. The lowest BCUT2D eigenvalue weighted by molar-refractivity contribution is -0.144. The van der Waals surface area contributed by atoms with Crippen LogP contribution >= 0.6 is 0 Å². The number of aromatic amines is 1. The van der Waals surface area contributed by atoms with Crippen LogP contribution in [0, 0.1) is 0 Å². The van der Waals surface area contributed by atoms with E-state index in [4.69, 9.17) is 9.47 Å². The molecule has 5 heterocycles. The number of hydrogen-bond acceptors (Lipinski definition) is 10. The van der Waals surface area contributed by atoms with Crippen molar-refractivity contribution in [3.05, 3.63) is 82.5 Å². The van der Waals surface area contributed by atoms with E-state index in [1.165, 1.54) is 6.20 Å². The molecular weight excluding hydrogens is 670 g/mol. The Kier molecular flexibility index (Phi) is 10.8. The van der Waals surface area contributed by atoms with Gasteiger partial charge in [-0.3, -0.25) is 33.6 Å². The van der Waals surface area contributed by atoms with Crippen LogP contribution in [0.25, 0.3) is 11.0 Å². The summed E-state index contributed by atoms with van der Waals surface area (Å²) in [6, 6.07) is 13.0. The molecule has 0 aliphatic carbocycles. The molecule has 4 aromatic rings. The third-order valence-corrected chi connectivity index (χ3v) is 9.32. The minimum Gasteiger partial charge on any atom is -0.492 e. The minimum absolute atomic E-state index is 0.160. The van der Waals surface area contributed by atoms with Gasteiger partial charge in [0.05, 0.1) is 19.3 Å². The van der Waals surface area contributed by atoms with Crippen LogP contribution < -0.4 is 36.3 Å². The van der Waals surface area contributed by atoms with Crippen LogP contribution in [0.1, 0.15) is 38.1 Å². The fraction of sp³-hybridized carbons (Fsp3) is 0.417. The summed E-state index contributed by atoms with van der Waals surface area (Å²) in [4.78, 5) is 76.1. The molecule has 274 valence electrons. The molecule has 2 aromatic heterocycles. The van der Waals surface area contributed by atoms with Crippen LogP contribution in [0.2, 0.25) is 0 Å². The quantitative estimate of drug-likeness (QED) is 0.183. The number of ether oxygens (including phenoxy) is 2. The molecule has 2 aromatic carbocycles. The average Bonchev–Trinajstić information content (AvgIpc) is 3.51. The van der Waals surface area contributed by atoms with Crippen molar-refractivity contribution in [3.8, 4) is 11.5 Å². The third-order valence-electron chi connectivity index (χ3n) is 9.32. The molecule has 2 bridgehead atoms. The maximum absolute atomic E-state index is 14.2. The molecule has 3 aliphatic rings. The summed E-state index contributed by atoms with van der Waals surface area (Å²) >= 11 is 0. The van der Waals surface area contributed by atoms with Crippen molar-refractivity contribution in [2.24, 2.45) is 7.05 Å². The van der Waals surface area contributed by atoms with E-state index in [9.17, 15) is 24.0 Å². The highest BCUT2D eigenvalue weighted by molar-refractivity contribution is 5.95. The van der Waals surface area contributed by atoms with Gasteiger partial charge in [-0.15, -0.1) is 0 Å². The zero-order chi connectivity index (χ0) is 36.8. The van der Waals surface area contributed by atoms with E-state index in [0.717, 1.165) is 5.56 Å². The van der Waals surface area contributed by atoms with Crippen molar-refractivity contribution >= 4 is 34.7 Å². The molecule has 0 radical (unpaired) electrons. The molecule has 16 nitrogen and oxygen atoms in total. The lowest BCUT2D eigenvalue weighted by Crippen LogP contribution is -2.61. The predicted molar refractivity (Wildman–Crippen MR) is 189 cm³/mol. The number of rotatable bonds is 4. The summed E-state index contributed by atoms with van der Waals surface area (Å²) in [6.45, 7) is 4.65. The average molecular weight is 714 g/mol. The SMILES string of the molecule is C[C@@H]1NC(=O)[C@H](Cc2ccccc2)NC(=O)[C@H](C)NC(=O)C2(CCN(Cc3nc4c(cnn4C)c(=O)[nH]3)CC2)Oc2ccc(cc2)OCCNC1=O. The Morgan fingerprint density at radius 2 is 1.54 bits per heavy atom. The van der Waals surface area contributed by atoms with Crippen molar-refractivity contribution in [1.82, 2.24) is 45.9 Å². The van der Waals surface area contributed by atoms with Gasteiger partial charge in [0, 0.05) is 39.4 Å². The summed E-state index contributed by atoms with van der Waals surface area (Å²) in [7, 11) is 1.72. The number of benzene rings is 2. The monoisotopic (exact) mass is 713 g/mol. The highest BCUT2D eigenvalue weighted by atomic mass is 16.5. The van der Waals surface area contributed by atoms with Gasteiger partial charge in [-0.1, -0.05) is 30.3 Å². The van der Waals surface area contributed by atoms with Crippen LogP contribution in [0.3, 0.4) is 0 Å². The van der Waals surface area contributed by atoms with Crippen LogP contribution in [0.15, 0.2) is 65.6 Å². The zero-order valence-electron chi connectivity index (χ0n) is 29.3. The molecule has 0 saturated carbocycles. The Balaban J connectivity index is 1.22. The molecule has 52 heavy (non-hydrogen) atoms. The Morgan fingerprint density at radius 1 is 0.846 bits per heavy atom. The molecule has 7 rings (SSSR count). The van der Waals surface area contributed by atoms with Gasteiger partial charge in [0.15, 0.2) is 11.2 Å². The first-order valence-corrected chi connectivity index (χ1v) is 17.3. The number of fused-ring (bicyclic) bond motifs is 16. The van der Waals surface area contributed by atoms with Crippen LogP contribution in [0.4, 0.5) is 0 Å². The van der Waals surface area contributed by atoms with Gasteiger partial charge in [-0.25, -0.2) is 4.98 Å². The van der Waals surface area contributed by atoms with E-state index >= 15 is 0 Å². The fourth-order valence-corrected chi connectivity index (χ4v) is 6.27. The molecule has 1 fully saturated rings. The lowest BCUT2D eigenvalue weighted by Gasteiger charge is -2.41. The molecule has 5 N–H and O–H groups in total. The van der Waals surface area contributed by atoms with E-state index in [-0.39, 0.29) is 38.0 Å². The number of hydrogen-bond donors (Lipinski definition) is 5. The summed E-state index contributed by atoms with van der Waals surface area (Å²) in [5, 5.41) is 15.6. The Morgan fingerprint density at radius 3 is 2.27 bits per heavy atom. The largest absolute Gasteiger partial charge is 0.492 e. The first-order chi connectivity index (χ1) is 25.0. The number of carbonyl (C=O) groups is 4. The number of likely N-dealkylation sites (tertiary alicyclic amines) is 1. The first kappa shape index (κ1) is 36.0. The second kappa shape index (κ2) is 15.6. The van der Waals surface area contributed by atoms with Crippen molar-refractivity contribution in [2.45, 2.75) is 63.4 Å².